The molecular formula is C20H29FN4O2. The number of rotatable bonds is 9. The van der Waals surface area contributed by atoms with E-state index in [1.54, 1.807) is 12.1 Å². The van der Waals surface area contributed by atoms with Crippen molar-refractivity contribution in [2.45, 2.75) is 53.1 Å². The molecule has 6 nitrogen and oxygen atoms in total. The van der Waals surface area contributed by atoms with Gasteiger partial charge in [-0.1, -0.05) is 39.3 Å². The summed E-state index contributed by atoms with van der Waals surface area (Å²) in [7, 11) is 0. The number of halogens is 1. The van der Waals surface area contributed by atoms with Crippen LogP contribution in [0.15, 0.2) is 33.9 Å². The van der Waals surface area contributed by atoms with E-state index in [4.69, 9.17) is 5.73 Å². The molecule has 0 aliphatic carbocycles. The third kappa shape index (κ3) is 5.45. The van der Waals surface area contributed by atoms with E-state index in [0.29, 0.717) is 31.2 Å². The molecule has 27 heavy (non-hydrogen) atoms. The quantitative estimate of drug-likeness (QED) is 0.704. The molecule has 0 bridgehead atoms. The predicted octanol–water partition coefficient (Wildman–Crippen LogP) is 3.11. The van der Waals surface area contributed by atoms with Crippen molar-refractivity contribution >= 4 is 11.5 Å². The lowest BCUT2D eigenvalue weighted by Gasteiger charge is -2.27. The highest BCUT2D eigenvalue weighted by atomic mass is 19.1. The summed E-state index contributed by atoms with van der Waals surface area (Å²) in [5.74, 6) is 0.313. The van der Waals surface area contributed by atoms with Crippen molar-refractivity contribution in [1.82, 2.24) is 9.55 Å². The first kappa shape index (κ1) is 20.7. The number of nitrogens with two attached hydrogens (primary N) is 1. The Bertz CT molecular complexity index is 856. The fourth-order valence-electron chi connectivity index (χ4n) is 2.92. The summed E-state index contributed by atoms with van der Waals surface area (Å²) < 4.78 is 14.6. The number of aromatic amines is 1. The molecule has 0 fully saturated rings. The molecule has 0 radical (unpaired) electrons. The van der Waals surface area contributed by atoms with Crippen LogP contribution in [0.2, 0.25) is 0 Å². The Hall–Kier alpha value is -2.57. The van der Waals surface area contributed by atoms with Crippen molar-refractivity contribution in [2.24, 2.45) is 5.92 Å². The summed E-state index contributed by atoms with van der Waals surface area (Å²) in [6, 6.07) is 6.17. The van der Waals surface area contributed by atoms with Gasteiger partial charge in [0.15, 0.2) is 0 Å². The Balaban J connectivity index is 2.45. The van der Waals surface area contributed by atoms with Gasteiger partial charge in [0.1, 0.15) is 17.3 Å². The van der Waals surface area contributed by atoms with Crippen LogP contribution < -0.4 is 21.9 Å². The molecule has 1 aromatic heterocycles. The van der Waals surface area contributed by atoms with Gasteiger partial charge in [-0.15, -0.1) is 0 Å². The maximum Gasteiger partial charge on any atom is 0.330 e. The fourth-order valence-corrected chi connectivity index (χ4v) is 2.92. The van der Waals surface area contributed by atoms with Crippen molar-refractivity contribution < 1.29 is 4.39 Å². The lowest BCUT2D eigenvalue weighted by molar-refractivity contribution is 0.565. The van der Waals surface area contributed by atoms with Crippen LogP contribution in [0.3, 0.4) is 0 Å². The van der Waals surface area contributed by atoms with Gasteiger partial charge >= 0.3 is 5.69 Å². The first-order chi connectivity index (χ1) is 12.8. The van der Waals surface area contributed by atoms with E-state index in [-0.39, 0.29) is 11.6 Å². The van der Waals surface area contributed by atoms with Crippen LogP contribution in [0, 0.1) is 11.7 Å². The summed E-state index contributed by atoms with van der Waals surface area (Å²) in [5, 5.41) is 0. The maximum atomic E-state index is 13.2. The second-order valence-corrected chi connectivity index (χ2v) is 7.23. The Morgan fingerprint density at radius 1 is 1.22 bits per heavy atom. The largest absolute Gasteiger partial charge is 0.383 e. The van der Waals surface area contributed by atoms with E-state index >= 15 is 0 Å². The zero-order chi connectivity index (χ0) is 20.0. The first-order valence-electron chi connectivity index (χ1n) is 9.45. The maximum absolute atomic E-state index is 13.2. The SMILES string of the molecule is CCCCn1c(N)c(N(CCC(C)C)Cc2ccc(F)cc2)c(=O)[nH]c1=O. The smallest absolute Gasteiger partial charge is 0.330 e. The van der Waals surface area contributed by atoms with Crippen molar-refractivity contribution in [1.29, 1.82) is 0 Å². The van der Waals surface area contributed by atoms with Gasteiger partial charge in [-0.25, -0.2) is 9.18 Å². The van der Waals surface area contributed by atoms with Crippen LogP contribution >= 0.6 is 0 Å². The zero-order valence-electron chi connectivity index (χ0n) is 16.3. The Morgan fingerprint density at radius 3 is 2.48 bits per heavy atom. The van der Waals surface area contributed by atoms with E-state index in [9.17, 15) is 14.0 Å². The number of anilines is 2. The highest BCUT2D eigenvalue weighted by Crippen LogP contribution is 2.21. The van der Waals surface area contributed by atoms with Crippen LogP contribution in [0.5, 0.6) is 0 Å². The van der Waals surface area contributed by atoms with Crippen molar-refractivity contribution in [3.8, 4) is 0 Å². The minimum absolute atomic E-state index is 0.183. The Labute approximate surface area is 158 Å². The van der Waals surface area contributed by atoms with E-state index < -0.39 is 11.2 Å². The van der Waals surface area contributed by atoms with Crippen molar-refractivity contribution in [2.75, 3.05) is 17.2 Å². The van der Waals surface area contributed by atoms with E-state index in [1.807, 2.05) is 11.8 Å². The predicted molar refractivity (Wildman–Crippen MR) is 108 cm³/mol. The van der Waals surface area contributed by atoms with Crippen LogP contribution in [0.1, 0.15) is 45.6 Å². The minimum Gasteiger partial charge on any atom is -0.383 e. The summed E-state index contributed by atoms with van der Waals surface area (Å²) >= 11 is 0. The molecule has 0 saturated heterocycles. The summed E-state index contributed by atoms with van der Waals surface area (Å²) in [6.07, 6.45) is 2.56. The standard InChI is InChI=1S/C20H29FN4O2/c1-4-5-11-25-18(22)17(19(26)23-20(25)27)24(12-10-14(2)3)13-15-6-8-16(21)9-7-15/h6-9,14H,4-5,10-13,22H2,1-3H3,(H,23,26,27). The summed E-state index contributed by atoms with van der Waals surface area (Å²) in [4.78, 5) is 29.0. The molecule has 0 unspecified atom stereocenters. The number of H-pyrrole nitrogens is 1. The minimum atomic E-state index is -0.490. The molecule has 3 N–H and O–H groups in total. The van der Waals surface area contributed by atoms with Gasteiger partial charge in [0.25, 0.3) is 5.56 Å². The molecule has 1 aromatic carbocycles. The van der Waals surface area contributed by atoms with Gasteiger partial charge in [0.05, 0.1) is 0 Å². The highest BCUT2D eigenvalue weighted by Gasteiger charge is 2.19. The van der Waals surface area contributed by atoms with E-state index in [0.717, 1.165) is 24.8 Å². The molecule has 0 aliphatic heterocycles. The van der Waals surface area contributed by atoms with Gasteiger partial charge in [-0.3, -0.25) is 14.3 Å². The third-order valence-electron chi connectivity index (χ3n) is 4.53. The van der Waals surface area contributed by atoms with Gasteiger partial charge in [-0.05, 0) is 36.5 Å². The van der Waals surface area contributed by atoms with Crippen LogP contribution in [0.25, 0.3) is 0 Å². The van der Waals surface area contributed by atoms with E-state index in [2.05, 4.69) is 18.8 Å². The van der Waals surface area contributed by atoms with Crippen molar-refractivity contribution in [3.63, 3.8) is 0 Å². The van der Waals surface area contributed by atoms with Crippen LogP contribution in [-0.4, -0.2) is 16.1 Å². The fraction of sp³-hybridized carbons (Fsp3) is 0.500. The second kappa shape index (κ2) is 9.39. The summed E-state index contributed by atoms with van der Waals surface area (Å²) in [6.45, 7) is 7.70. The van der Waals surface area contributed by atoms with E-state index in [1.165, 1.54) is 16.7 Å². The Kier molecular flexibility index (Phi) is 7.21. The molecule has 0 spiro atoms. The molecule has 0 atom stereocenters. The molecule has 0 saturated carbocycles. The van der Waals surface area contributed by atoms with Gasteiger partial charge in [0.2, 0.25) is 0 Å². The van der Waals surface area contributed by atoms with Gasteiger partial charge in [0, 0.05) is 19.6 Å². The average Bonchev–Trinajstić information content (AvgIpc) is 2.60. The number of hydrogen-bond acceptors (Lipinski definition) is 4. The third-order valence-corrected chi connectivity index (χ3v) is 4.53. The second-order valence-electron chi connectivity index (χ2n) is 7.23. The monoisotopic (exact) mass is 376 g/mol. The number of nitrogen functional groups attached to an aromatic ring is 1. The van der Waals surface area contributed by atoms with Gasteiger partial charge < -0.3 is 10.6 Å². The molecule has 0 aliphatic rings. The first-order valence-corrected chi connectivity index (χ1v) is 9.45. The number of aromatic nitrogens is 2. The molecule has 7 heteroatoms. The molecular weight excluding hydrogens is 347 g/mol. The number of benzene rings is 1. The summed E-state index contributed by atoms with van der Waals surface area (Å²) in [5.41, 5.74) is 6.44. The molecule has 148 valence electrons. The average molecular weight is 376 g/mol. The van der Waals surface area contributed by atoms with Crippen LogP contribution in [0.4, 0.5) is 15.9 Å². The number of nitrogens with zero attached hydrogens (tertiary/aromatic N) is 2. The molecule has 2 aromatic rings. The van der Waals surface area contributed by atoms with Crippen LogP contribution in [-0.2, 0) is 13.1 Å². The Morgan fingerprint density at radius 2 is 1.89 bits per heavy atom. The normalized spacial score (nSPS) is 11.1. The number of unbranched alkanes of at least 4 members (excludes halogenated alkanes) is 1. The lowest BCUT2D eigenvalue weighted by atomic mass is 10.1. The highest BCUT2D eigenvalue weighted by molar-refractivity contribution is 5.62. The molecule has 0 amide bonds. The number of nitrogens with one attached hydrogen (secondary N) is 1. The topological polar surface area (TPSA) is 84.1 Å². The van der Waals surface area contributed by atoms with Gasteiger partial charge in [-0.2, -0.15) is 0 Å². The zero-order valence-corrected chi connectivity index (χ0v) is 16.3. The van der Waals surface area contributed by atoms with Crippen molar-refractivity contribution in [3.05, 3.63) is 56.5 Å². The number of hydrogen-bond donors (Lipinski definition) is 2. The molecule has 1 heterocycles. The lowest BCUT2D eigenvalue weighted by Crippen LogP contribution is -2.39. The molecule has 2 rings (SSSR count).